The number of likely N-dealkylation sites (tertiary alicyclic amines) is 1. The van der Waals surface area contributed by atoms with Crippen LogP contribution in [0.5, 0.6) is 0 Å². The lowest BCUT2D eigenvalue weighted by molar-refractivity contribution is -0.0633. The van der Waals surface area contributed by atoms with Crippen molar-refractivity contribution in [3.63, 3.8) is 0 Å². The van der Waals surface area contributed by atoms with Gasteiger partial charge in [0.15, 0.2) is 0 Å². The molecule has 0 aromatic rings. The maximum atomic E-state index is 13.7. The van der Waals surface area contributed by atoms with Crippen LogP contribution in [0.15, 0.2) is 10.2 Å². The molecule has 0 aromatic carbocycles. The zero-order valence-corrected chi connectivity index (χ0v) is 12.0. The molecule has 0 spiro atoms. The van der Waals surface area contributed by atoms with Crippen molar-refractivity contribution in [1.82, 2.24) is 4.90 Å². The average molecular weight is 273 g/mol. The van der Waals surface area contributed by atoms with E-state index in [4.69, 9.17) is 9.47 Å². The highest BCUT2D eigenvalue weighted by Crippen LogP contribution is 2.23. The van der Waals surface area contributed by atoms with E-state index < -0.39 is 6.17 Å². The fourth-order valence-electron chi connectivity index (χ4n) is 2.71. The number of alkyl halides is 1. The lowest BCUT2D eigenvalue weighted by Crippen LogP contribution is -2.46. The summed E-state index contributed by atoms with van der Waals surface area (Å²) in [6, 6.07) is 0.450. The van der Waals surface area contributed by atoms with Gasteiger partial charge in [0.25, 0.3) is 0 Å². The van der Waals surface area contributed by atoms with Crippen LogP contribution >= 0.6 is 0 Å². The smallest absolute Gasteiger partial charge is 0.139 e. The number of ether oxygens (including phenoxy) is 2. The molecule has 0 amide bonds. The Morgan fingerprint density at radius 2 is 1.95 bits per heavy atom. The Labute approximate surface area is 114 Å². The molecule has 2 heterocycles. The molecule has 0 bridgehead atoms. The van der Waals surface area contributed by atoms with Crippen molar-refractivity contribution in [2.24, 2.45) is 16.1 Å². The standard InChI is InChI=1S/C13H24FN3O2/c1-9-11(10(2)16-15-9)7-19-8-17-5-4-13(18-3)12(14)6-17/h9-13H,4-8H2,1-3H3/t9?,10?,11?,12-,13+/m1/s1. The summed E-state index contributed by atoms with van der Waals surface area (Å²) < 4.78 is 24.5. The van der Waals surface area contributed by atoms with Crippen LogP contribution in [0.2, 0.25) is 0 Å². The van der Waals surface area contributed by atoms with E-state index in [-0.39, 0.29) is 18.2 Å². The fourth-order valence-corrected chi connectivity index (χ4v) is 2.71. The fraction of sp³-hybridized carbons (Fsp3) is 1.00. The molecule has 19 heavy (non-hydrogen) atoms. The number of hydrogen-bond donors (Lipinski definition) is 0. The second-order valence-corrected chi connectivity index (χ2v) is 5.53. The Hall–Kier alpha value is -0.590. The van der Waals surface area contributed by atoms with Crippen LogP contribution in [0.4, 0.5) is 4.39 Å². The topological polar surface area (TPSA) is 46.4 Å². The number of methoxy groups -OCH3 is 1. The lowest BCUT2D eigenvalue weighted by atomic mass is 9.97. The van der Waals surface area contributed by atoms with Crippen LogP contribution in [0, 0.1) is 5.92 Å². The normalized spacial score (nSPS) is 39.9. The molecular weight excluding hydrogens is 249 g/mol. The molecule has 2 aliphatic rings. The van der Waals surface area contributed by atoms with Gasteiger partial charge >= 0.3 is 0 Å². The predicted octanol–water partition coefficient (Wildman–Crippen LogP) is 1.88. The first-order chi connectivity index (χ1) is 9.11. The van der Waals surface area contributed by atoms with E-state index in [1.165, 1.54) is 0 Å². The first-order valence-corrected chi connectivity index (χ1v) is 6.98. The van der Waals surface area contributed by atoms with Gasteiger partial charge in [0.2, 0.25) is 0 Å². The van der Waals surface area contributed by atoms with Crippen LogP contribution in [0.25, 0.3) is 0 Å². The number of hydrogen-bond acceptors (Lipinski definition) is 5. The Kier molecular flexibility index (Phi) is 5.24. The van der Waals surface area contributed by atoms with Crippen molar-refractivity contribution in [3.8, 4) is 0 Å². The Morgan fingerprint density at radius 3 is 2.53 bits per heavy atom. The third-order valence-corrected chi connectivity index (χ3v) is 4.12. The Bertz CT molecular complexity index is 304. The summed E-state index contributed by atoms with van der Waals surface area (Å²) in [7, 11) is 1.57. The van der Waals surface area contributed by atoms with Gasteiger partial charge in [-0.1, -0.05) is 0 Å². The van der Waals surface area contributed by atoms with Gasteiger partial charge < -0.3 is 9.47 Å². The molecule has 2 aliphatic heterocycles. The first kappa shape index (κ1) is 14.8. The average Bonchev–Trinajstić information content (AvgIpc) is 2.70. The van der Waals surface area contributed by atoms with Crippen LogP contribution in [-0.2, 0) is 9.47 Å². The minimum Gasteiger partial charge on any atom is -0.378 e. The van der Waals surface area contributed by atoms with Crippen molar-refractivity contribution in [3.05, 3.63) is 0 Å². The summed E-state index contributed by atoms with van der Waals surface area (Å²) in [4.78, 5) is 2.00. The number of halogens is 1. The Morgan fingerprint density at radius 1 is 1.26 bits per heavy atom. The maximum absolute atomic E-state index is 13.7. The highest BCUT2D eigenvalue weighted by atomic mass is 19.1. The van der Waals surface area contributed by atoms with Gasteiger partial charge in [0.1, 0.15) is 6.17 Å². The summed E-state index contributed by atoms with van der Waals surface area (Å²) in [5.41, 5.74) is 0. The predicted molar refractivity (Wildman–Crippen MR) is 70.0 cm³/mol. The highest BCUT2D eigenvalue weighted by molar-refractivity contribution is 4.85. The quantitative estimate of drug-likeness (QED) is 0.768. The maximum Gasteiger partial charge on any atom is 0.139 e. The van der Waals surface area contributed by atoms with Gasteiger partial charge in [-0.25, -0.2) is 4.39 Å². The van der Waals surface area contributed by atoms with E-state index in [2.05, 4.69) is 24.1 Å². The van der Waals surface area contributed by atoms with E-state index in [0.717, 1.165) is 13.0 Å². The molecule has 0 radical (unpaired) electrons. The van der Waals surface area contributed by atoms with E-state index in [1.807, 2.05) is 4.90 Å². The molecule has 2 rings (SSSR count). The third kappa shape index (κ3) is 3.70. The molecule has 1 saturated heterocycles. The molecular formula is C13H24FN3O2. The Balaban J connectivity index is 1.67. The van der Waals surface area contributed by atoms with Crippen LogP contribution in [0.3, 0.4) is 0 Å². The minimum atomic E-state index is -0.920. The second kappa shape index (κ2) is 6.72. The van der Waals surface area contributed by atoms with Crippen LogP contribution in [-0.4, -0.2) is 62.8 Å². The van der Waals surface area contributed by atoms with Crippen LogP contribution < -0.4 is 0 Å². The summed E-state index contributed by atoms with van der Waals surface area (Å²) >= 11 is 0. The van der Waals surface area contributed by atoms with E-state index in [0.29, 0.717) is 25.8 Å². The monoisotopic (exact) mass is 273 g/mol. The summed E-state index contributed by atoms with van der Waals surface area (Å²) in [5, 5.41) is 8.30. The lowest BCUT2D eigenvalue weighted by Gasteiger charge is -2.33. The van der Waals surface area contributed by atoms with Gasteiger partial charge in [0, 0.05) is 26.1 Å². The molecule has 2 unspecified atom stereocenters. The van der Waals surface area contributed by atoms with Crippen molar-refractivity contribution < 1.29 is 13.9 Å². The summed E-state index contributed by atoms with van der Waals surface area (Å²) in [6.45, 7) is 6.45. The van der Waals surface area contributed by atoms with Gasteiger partial charge in [0.05, 0.1) is 31.5 Å². The second-order valence-electron chi connectivity index (χ2n) is 5.53. The van der Waals surface area contributed by atoms with E-state index in [9.17, 15) is 4.39 Å². The molecule has 4 atom stereocenters. The molecule has 110 valence electrons. The SMILES string of the molecule is CO[C@H]1CCN(COCC2C(C)N=NC2C)C[C@H]1F. The molecule has 1 fully saturated rings. The molecule has 5 nitrogen and oxygen atoms in total. The van der Waals surface area contributed by atoms with Crippen molar-refractivity contribution in [2.75, 3.05) is 33.5 Å². The van der Waals surface area contributed by atoms with Gasteiger partial charge in [-0.15, -0.1) is 0 Å². The minimum absolute atomic E-state index is 0.225. The number of piperidine rings is 1. The number of rotatable bonds is 5. The van der Waals surface area contributed by atoms with Crippen molar-refractivity contribution >= 4 is 0 Å². The van der Waals surface area contributed by atoms with Gasteiger partial charge in [-0.2, -0.15) is 10.2 Å². The van der Waals surface area contributed by atoms with E-state index >= 15 is 0 Å². The molecule has 0 aliphatic carbocycles. The van der Waals surface area contributed by atoms with Crippen LogP contribution in [0.1, 0.15) is 20.3 Å². The molecule has 0 saturated carbocycles. The van der Waals surface area contributed by atoms with Crippen molar-refractivity contribution in [2.45, 2.75) is 44.6 Å². The zero-order valence-electron chi connectivity index (χ0n) is 12.0. The highest BCUT2D eigenvalue weighted by Gasteiger charge is 2.31. The third-order valence-electron chi connectivity index (χ3n) is 4.12. The van der Waals surface area contributed by atoms with E-state index in [1.54, 1.807) is 7.11 Å². The number of nitrogens with zero attached hydrogens (tertiary/aromatic N) is 3. The van der Waals surface area contributed by atoms with Crippen molar-refractivity contribution in [1.29, 1.82) is 0 Å². The largest absolute Gasteiger partial charge is 0.378 e. The molecule has 0 N–H and O–H groups in total. The number of azo groups is 1. The summed E-state index contributed by atoms with van der Waals surface area (Å²) in [6.07, 6.45) is -0.456. The van der Waals surface area contributed by atoms with Gasteiger partial charge in [-0.05, 0) is 20.3 Å². The zero-order chi connectivity index (χ0) is 13.8. The first-order valence-electron chi connectivity index (χ1n) is 6.98. The van der Waals surface area contributed by atoms with Gasteiger partial charge in [-0.3, -0.25) is 4.90 Å². The molecule has 6 heteroatoms. The summed E-state index contributed by atoms with van der Waals surface area (Å²) in [5.74, 6) is 0.345. The molecule has 0 aromatic heterocycles.